The predicted octanol–water partition coefficient (Wildman–Crippen LogP) is 0.666. The van der Waals surface area contributed by atoms with E-state index in [0.717, 1.165) is 0 Å². The van der Waals surface area contributed by atoms with Gasteiger partial charge in [0.25, 0.3) is 0 Å². The van der Waals surface area contributed by atoms with Crippen LogP contribution in [-0.4, -0.2) is 33.2 Å². The van der Waals surface area contributed by atoms with E-state index in [9.17, 15) is 9.59 Å². The lowest BCUT2D eigenvalue weighted by atomic mass is 10.1. The van der Waals surface area contributed by atoms with Crippen molar-refractivity contribution in [2.75, 3.05) is 0 Å². The van der Waals surface area contributed by atoms with Gasteiger partial charge in [-0.3, -0.25) is 0 Å². The molecular weight excluding hydrogens is 218 g/mol. The first-order chi connectivity index (χ1) is 7.50. The molecule has 86 valence electrons. The molecule has 0 radical (unpaired) electrons. The fourth-order valence-corrected chi connectivity index (χ4v) is 1.59. The van der Waals surface area contributed by atoms with Crippen LogP contribution in [0.4, 0.5) is 0 Å². The second-order valence-electron chi connectivity index (χ2n) is 3.49. The molecule has 2 heterocycles. The van der Waals surface area contributed by atoms with Gasteiger partial charge < -0.3 is 20.1 Å². The lowest BCUT2D eigenvalue weighted by molar-refractivity contribution is -0.249. The number of fused-ring (bicyclic) bond motifs is 1. The van der Waals surface area contributed by atoms with Crippen LogP contribution in [0.1, 0.15) is 33.5 Å². The second kappa shape index (κ2) is 3.53. The Bertz CT molecular complexity index is 463. The molecule has 0 fully saturated rings. The normalized spacial score (nSPS) is 18.7. The highest BCUT2D eigenvalue weighted by Gasteiger charge is 2.32. The molecule has 16 heavy (non-hydrogen) atoms. The number of aromatic carboxylic acids is 2. The van der Waals surface area contributed by atoms with Crippen LogP contribution in [0.2, 0.25) is 0 Å². The third kappa shape index (κ3) is 1.50. The topological polar surface area (TPSA) is 109 Å². The third-order valence-corrected chi connectivity index (χ3v) is 2.27. The van der Waals surface area contributed by atoms with Crippen molar-refractivity contribution < 1.29 is 29.6 Å². The number of H-pyrrole nitrogens is 1. The summed E-state index contributed by atoms with van der Waals surface area (Å²) in [5.41, 5.74) is -0.148. The Morgan fingerprint density at radius 1 is 1.31 bits per heavy atom. The quantitative estimate of drug-likeness (QED) is 0.640. The minimum absolute atomic E-state index is 0.0528. The summed E-state index contributed by atoms with van der Waals surface area (Å²) in [5.74, 6) is -2.56. The lowest BCUT2D eigenvalue weighted by Crippen LogP contribution is -2.21. The standard InChI is InChI=1S/C9H9NO6/c1-3-2-4-5(8(11)12)10-6(9(13)14)7(4)16-15-3/h3,10H,2H2,1H3,(H,11,12)(H,13,14). The fraction of sp³-hybridized carbons (Fsp3) is 0.333. The average molecular weight is 227 g/mol. The summed E-state index contributed by atoms with van der Waals surface area (Å²) in [6, 6.07) is 0. The molecule has 2 rings (SSSR count). The zero-order valence-corrected chi connectivity index (χ0v) is 8.31. The van der Waals surface area contributed by atoms with Gasteiger partial charge >= 0.3 is 11.9 Å². The summed E-state index contributed by atoms with van der Waals surface area (Å²) < 4.78 is 0. The van der Waals surface area contributed by atoms with E-state index in [1.54, 1.807) is 6.92 Å². The Kier molecular flexibility index (Phi) is 2.31. The number of carbonyl (C=O) groups is 2. The molecule has 7 heteroatoms. The van der Waals surface area contributed by atoms with E-state index in [1.165, 1.54) is 0 Å². The van der Waals surface area contributed by atoms with Crippen LogP contribution in [0, 0.1) is 0 Å². The first kappa shape index (κ1) is 10.5. The maximum absolute atomic E-state index is 10.9. The lowest BCUT2D eigenvalue weighted by Gasteiger charge is -2.18. The number of nitrogens with one attached hydrogen (secondary N) is 1. The highest BCUT2D eigenvalue weighted by Crippen LogP contribution is 2.33. The molecular formula is C9H9NO6. The maximum Gasteiger partial charge on any atom is 0.356 e. The van der Waals surface area contributed by atoms with Crippen molar-refractivity contribution >= 4 is 11.9 Å². The molecule has 1 aromatic heterocycles. The SMILES string of the molecule is CC1Cc2c(C(=O)O)[nH]c(C(=O)O)c2OO1. The van der Waals surface area contributed by atoms with Gasteiger partial charge in [0.1, 0.15) is 11.8 Å². The Balaban J connectivity index is 2.57. The van der Waals surface area contributed by atoms with Crippen LogP contribution in [0.3, 0.4) is 0 Å². The molecule has 0 bridgehead atoms. The summed E-state index contributed by atoms with van der Waals surface area (Å²) >= 11 is 0. The number of carboxylic acid groups (broad SMARTS) is 2. The van der Waals surface area contributed by atoms with Gasteiger partial charge in [0, 0.05) is 12.0 Å². The minimum atomic E-state index is -1.29. The molecule has 3 N–H and O–H groups in total. The van der Waals surface area contributed by atoms with Gasteiger partial charge in [0.15, 0.2) is 5.69 Å². The Morgan fingerprint density at radius 3 is 2.50 bits per heavy atom. The minimum Gasteiger partial charge on any atom is -0.477 e. The smallest absolute Gasteiger partial charge is 0.356 e. The summed E-state index contributed by atoms with van der Waals surface area (Å²) in [6.45, 7) is 1.70. The van der Waals surface area contributed by atoms with Crippen molar-refractivity contribution in [3.63, 3.8) is 0 Å². The second-order valence-corrected chi connectivity index (χ2v) is 3.49. The van der Waals surface area contributed by atoms with Crippen LogP contribution in [-0.2, 0) is 11.3 Å². The van der Waals surface area contributed by atoms with Crippen LogP contribution in [0.15, 0.2) is 0 Å². The summed E-state index contributed by atoms with van der Waals surface area (Å²) in [6.07, 6.45) is -0.0242. The molecule has 1 unspecified atom stereocenters. The van der Waals surface area contributed by atoms with E-state index in [4.69, 9.17) is 20.0 Å². The Labute approximate surface area is 89.5 Å². The van der Waals surface area contributed by atoms with Crippen molar-refractivity contribution in [3.05, 3.63) is 17.0 Å². The molecule has 0 saturated carbocycles. The van der Waals surface area contributed by atoms with E-state index in [2.05, 4.69) is 4.98 Å². The Hall–Kier alpha value is -2.02. The first-order valence-electron chi connectivity index (χ1n) is 4.55. The molecule has 1 aromatic rings. The number of aromatic amines is 1. The Morgan fingerprint density at radius 2 is 1.94 bits per heavy atom. The largest absolute Gasteiger partial charge is 0.477 e. The van der Waals surface area contributed by atoms with Gasteiger partial charge in [-0.15, -0.1) is 0 Å². The van der Waals surface area contributed by atoms with Gasteiger partial charge in [-0.05, 0) is 6.92 Å². The number of carboxylic acids is 2. The number of rotatable bonds is 2. The van der Waals surface area contributed by atoms with E-state index in [1.807, 2.05) is 0 Å². The number of hydrogen-bond donors (Lipinski definition) is 3. The number of aromatic nitrogens is 1. The molecule has 1 aliphatic heterocycles. The van der Waals surface area contributed by atoms with Crippen molar-refractivity contribution in [1.29, 1.82) is 0 Å². The predicted molar refractivity (Wildman–Crippen MR) is 49.6 cm³/mol. The summed E-state index contributed by atoms with van der Waals surface area (Å²) in [4.78, 5) is 33.6. The highest BCUT2D eigenvalue weighted by molar-refractivity contribution is 5.96. The zero-order valence-electron chi connectivity index (χ0n) is 8.31. The molecule has 0 amide bonds. The third-order valence-electron chi connectivity index (χ3n) is 2.27. The number of hydrogen-bond acceptors (Lipinski definition) is 4. The van der Waals surface area contributed by atoms with E-state index in [0.29, 0.717) is 12.0 Å². The van der Waals surface area contributed by atoms with Crippen molar-refractivity contribution in [2.45, 2.75) is 19.4 Å². The van der Waals surface area contributed by atoms with E-state index in [-0.39, 0.29) is 23.2 Å². The highest BCUT2D eigenvalue weighted by atomic mass is 17.2. The van der Waals surface area contributed by atoms with Crippen molar-refractivity contribution in [1.82, 2.24) is 4.98 Å². The molecule has 0 aromatic carbocycles. The van der Waals surface area contributed by atoms with Gasteiger partial charge in [-0.2, -0.15) is 4.89 Å². The van der Waals surface area contributed by atoms with Gasteiger partial charge in [-0.1, -0.05) is 0 Å². The van der Waals surface area contributed by atoms with Gasteiger partial charge in [0.05, 0.1) is 0 Å². The van der Waals surface area contributed by atoms with E-state index >= 15 is 0 Å². The molecule has 7 nitrogen and oxygen atoms in total. The molecule has 0 aliphatic carbocycles. The maximum atomic E-state index is 10.9. The molecule has 0 saturated heterocycles. The fourth-order valence-electron chi connectivity index (χ4n) is 1.59. The van der Waals surface area contributed by atoms with Crippen LogP contribution < -0.4 is 4.89 Å². The molecule has 1 atom stereocenters. The van der Waals surface area contributed by atoms with E-state index < -0.39 is 11.9 Å². The van der Waals surface area contributed by atoms with Gasteiger partial charge in [0.2, 0.25) is 5.75 Å². The summed E-state index contributed by atoms with van der Waals surface area (Å²) in [7, 11) is 0. The van der Waals surface area contributed by atoms with Crippen molar-refractivity contribution in [2.24, 2.45) is 0 Å². The van der Waals surface area contributed by atoms with Crippen molar-refractivity contribution in [3.8, 4) is 5.75 Å². The zero-order chi connectivity index (χ0) is 11.9. The summed E-state index contributed by atoms with van der Waals surface area (Å²) in [5, 5.41) is 17.7. The monoisotopic (exact) mass is 227 g/mol. The molecule has 0 spiro atoms. The van der Waals surface area contributed by atoms with Crippen LogP contribution in [0.5, 0.6) is 5.75 Å². The van der Waals surface area contributed by atoms with Crippen LogP contribution >= 0.6 is 0 Å². The van der Waals surface area contributed by atoms with Crippen LogP contribution in [0.25, 0.3) is 0 Å². The molecule has 1 aliphatic rings. The van der Waals surface area contributed by atoms with Gasteiger partial charge in [-0.25, -0.2) is 9.59 Å². The first-order valence-corrected chi connectivity index (χ1v) is 4.55. The average Bonchev–Trinajstić information content (AvgIpc) is 2.56.